The van der Waals surface area contributed by atoms with Gasteiger partial charge in [0.15, 0.2) is 0 Å². The average Bonchev–Trinajstić information content (AvgIpc) is 3.23. The Kier molecular flexibility index (Phi) is 3.35. The highest BCUT2D eigenvalue weighted by molar-refractivity contribution is 7.13. The van der Waals surface area contributed by atoms with Crippen LogP contribution in [0.2, 0.25) is 0 Å². The van der Waals surface area contributed by atoms with Crippen molar-refractivity contribution in [3.63, 3.8) is 0 Å². The van der Waals surface area contributed by atoms with Gasteiger partial charge in [-0.25, -0.2) is 4.98 Å². The van der Waals surface area contributed by atoms with Crippen LogP contribution in [0.5, 0.6) is 17.4 Å². The van der Waals surface area contributed by atoms with Crippen molar-refractivity contribution in [1.82, 2.24) is 14.5 Å². The molecule has 120 valence electrons. The molecule has 24 heavy (non-hydrogen) atoms. The molecular weight excluding hydrogens is 326 g/mol. The SMILES string of the molecule is Cn1cc(-c2scnc2Oc2ccc(O)cc2)c2cc[nH]c2c1=O. The molecule has 0 bridgehead atoms. The summed E-state index contributed by atoms with van der Waals surface area (Å²) in [4.78, 5) is 20.3. The van der Waals surface area contributed by atoms with Crippen molar-refractivity contribution < 1.29 is 9.84 Å². The van der Waals surface area contributed by atoms with Crippen LogP contribution in [-0.4, -0.2) is 19.6 Å². The van der Waals surface area contributed by atoms with Crippen LogP contribution in [0.4, 0.5) is 0 Å². The molecular formula is C17H13N3O3S. The lowest BCUT2D eigenvalue weighted by atomic mass is 10.1. The van der Waals surface area contributed by atoms with E-state index >= 15 is 0 Å². The molecule has 0 aliphatic carbocycles. The summed E-state index contributed by atoms with van der Waals surface area (Å²) in [7, 11) is 1.72. The number of nitrogens with zero attached hydrogens (tertiary/aromatic N) is 2. The topological polar surface area (TPSA) is 80.1 Å². The van der Waals surface area contributed by atoms with E-state index in [0.717, 1.165) is 15.8 Å². The van der Waals surface area contributed by atoms with Gasteiger partial charge >= 0.3 is 0 Å². The maximum atomic E-state index is 12.2. The molecule has 2 N–H and O–H groups in total. The van der Waals surface area contributed by atoms with Crippen molar-refractivity contribution in [3.05, 3.63) is 58.6 Å². The zero-order valence-corrected chi connectivity index (χ0v) is 13.5. The third-order valence-electron chi connectivity index (χ3n) is 3.72. The van der Waals surface area contributed by atoms with Crippen LogP contribution in [0.15, 0.2) is 53.0 Å². The van der Waals surface area contributed by atoms with Crippen LogP contribution in [0.25, 0.3) is 21.3 Å². The Morgan fingerprint density at radius 3 is 2.83 bits per heavy atom. The second-order valence-electron chi connectivity index (χ2n) is 5.31. The zero-order chi connectivity index (χ0) is 16.7. The monoisotopic (exact) mass is 339 g/mol. The minimum Gasteiger partial charge on any atom is -0.508 e. The number of rotatable bonds is 3. The van der Waals surface area contributed by atoms with Crippen LogP contribution >= 0.6 is 11.3 Å². The fourth-order valence-electron chi connectivity index (χ4n) is 2.56. The van der Waals surface area contributed by atoms with E-state index in [-0.39, 0.29) is 11.3 Å². The summed E-state index contributed by atoms with van der Waals surface area (Å²) in [6, 6.07) is 8.32. The van der Waals surface area contributed by atoms with E-state index in [1.165, 1.54) is 15.9 Å². The molecule has 3 heterocycles. The summed E-state index contributed by atoms with van der Waals surface area (Å²) in [6.45, 7) is 0. The van der Waals surface area contributed by atoms with Crippen molar-refractivity contribution >= 4 is 22.2 Å². The van der Waals surface area contributed by atoms with E-state index in [4.69, 9.17) is 4.74 Å². The lowest BCUT2D eigenvalue weighted by Crippen LogP contribution is -2.16. The number of nitrogens with one attached hydrogen (secondary N) is 1. The number of aromatic amines is 1. The molecule has 4 aromatic rings. The molecule has 0 aliphatic rings. The summed E-state index contributed by atoms with van der Waals surface area (Å²) in [5.74, 6) is 1.22. The molecule has 1 aromatic carbocycles. The first-order chi connectivity index (χ1) is 11.6. The van der Waals surface area contributed by atoms with Gasteiger partial charge in [0.05, 0.1) is 5.51 Å². The molecule has 4 rings (SSSR count). The molecule has 7 heteroatoms. The number of H-pyrrole nitrogens is 1. The summed E-state index contributed by atoms with van der Waals surface area (Å²) in [5, 5.41) is 10.2. The number of hydrogen-bond acceptors (Lipinski definition) is 5. The van der Waals surface area contributed by atoms with E-state index in [2.05, 4.69) is 9.97 Å². The summed E-state index contributed by atoms with van der Waals surface area (Å²) in [5.41, 5.74) is 3.06. The van der Waals surface area contributed by atoms with E-state index in [1.807, 2.05) is 6.07 Å². The predicted octanol–water partition coefficient (Wildman–Crippen LogP) is 3.49. The first-order valence-electron chi connectivity index (χ1n) is 7.21. The fourth-order valence-corrected chi connectivity index (χ4v) is 3.30. The van der Waals surface area contributed by atoms with Crippen molar-refractivity contribution in [2.45, 2.75) is 0 Å². The molecule has 3 aromatic heterocycles. The zero-order valence-electron chi connectivity index (χ0n) is 12.7. The first kappa shape index (κ1) is 14.5. The third-order valence-corrected chi connectivity index (χ3v) is 4.57. The van der Waals surface area contributed by atoms with Crippen LogP contribution in [0.1, 0.15) is 0 Å². The number of benzene rings is 1. The second kappa shape index (κ2) is 5.54. The number of aryl methyl sites for hydroxylation is 1. The summed E-state index contributed by atoms with van der Waals surface area (Å²) in [6.07, 6.45) is 3.53. The molecule has 0 unspecified atom stereocenters. The maximum absolute atomic E-state index is 12.2. The van der Waals surface area contributed by atoms with Crippen molar-refractivity contribution in [1.29, 1.82) is 0 Å². The van der Waals surface area contributed by atoms with Gasteiger partial charge in [0.25, 0.3) is 5.56 Å². The van der Waals surface area contributed by atoms with Gasteiger partial charge in [-0.1, -0.05) is 0 Å². The van der Waals surface area contributed by atoms with Crippen molar-refractivity contribution in [2.24, 2.45) is 7.05 Å². The van der Waals surface area contributed by atoms with Crippen molar-refractivity contribution in [3.8, 4) is 27.8 Å². The fraction of sp³-hybridized carbons (Fsp3) is 0.0588. The highest BCUT2D eigenvalue weighted by atomic mass is 32.1. The van der Waals surface area contributed by atoms with Gasteiger partial charge < -0.3 is 19.4 Å². The highest BCUT2D eigenvalue weighted by Crippen LogP contribution is 2.38. The Hall–Kier alpha value is -3.06. The number of ether oxygens (including phenoxy) is 1. The van der Waals surface area contributed by atoms with Crippen LogP contribution in [0, 0.1) is 0 Å². The Bertz CT molecular complexity index is 1080. The van der Waals surface area contributed by atoms with E-state index in [1.54, 1.807) is 49.2 Å². The van der Waals surface area contributed by atoms with Crippen LogP contribution in [-0.2, 0) is 7.05 Å². The molecule has 0 spiro atoms. The Balaban J connectivity index is 1.83. The quantitative estimate of drug-likeness (QED) is 0.599. The number of hydrogen-bond donors (Lipinski definition) is 2. The normalized spacial score (nSPS) is 11.0. The molecule has 0 saturated heterocycles. The molecule has 6 nitrogen and oxygen atoms in total. The Morgan fingerprint density at radius 2 is 2.04 bits per heavy atom. The van der Waals surface area contributed by atoms with Crippen LogP contribution in [0.3, 0.4) is 0 Å². The molecule has 0 saturated carbocycles. The smallest absolute Gasteiger partial charge is 0.274 e. The van der Waals surface area contributed by atoms with E-state index in [9.17, 15) is 9.90 Å². The van der Waals surface area contributed by atoms with E-state index in [0.29, 0.717) is 17.1 Å². The van der Waals surface area contributed by atoms with Crippen LogP contribution < -0.4 is 10.3 Å². The number of aromatic nitrogens is 3. The second-order valence-corrected chi connectivity index (χ2v) is 6.16. The Morgan fingerprint density at radius 1 is 1.25 bits per heavy atom. The van der Waals surface area contributed by atoms with Gasteiger partial charge in [0.2, 0.25) is 5.88 Å². The Labute approximate surface area is 140 Å². The van der Waals surface area contributed by atoms with Gasteiger partial charge in [-0.3, -0.25) is 4.79 Å². The molecule has 0 atom stereocenters. The largest absolute Gasteiger partial charge is 0.508 e. The molecule has 0 fully saturated rings. The van der Waals surface area contributed by atoms with Gasteiger partial charge in [-0.2, -0.15) is 0 Å². The number of thiazole rings is 1. The number of fused-ring (bicyclic) bond motifs is 1. The first-order valence-corrected chi connectivity index (χ1v) is 8.09. The average molecular weight is 339 g/mol. The lowest BCUT2D eigenvalue weighted by molar-refractivity contribution is 0.457. The van der Waals surface area contributed by atoms with Gasteiger partial charge in [-0.05, 0) is 30.3 Å². The van der Waals surface area contributed by atoms with Crippen molar-refractivity contribution in [2.75, 3.05) is 0 Å². The summed E-state index contributed by atoms with van der Waals surface area (Å²) < 4.78 is 7.39. The van der Waals surface area contributed by atoms with Gasteiger partial charge in [-0.15, -0.1) is 11.3 Å². The lowest BCUT2D eigenvalue weighted by Gasteiger charge is -2.08. The minimum atomic E-state index is -0.0794. The molecule has 0 aliphatic heterocycles. The van der Waals surface area contributed by atoms with Gasteiger partial charge in [0.1, 0.15) is 21.9 Å². The summed E-state index contributed by atoms with van der Waals surface area (Å²) >= 11 is 1.44. The third kappa shape index (κ3) is 2.35. The molecule has 0 radical (unpaired) electrons. The molecule has 0 amide bonds. The number of phenols is 1. The van der Waals surface area contributed by atoms with E-state index < -0.39 is 0 Å². The minimum absolute atomic E-state index is 0.0794. The predicted molar refractivity (Wildman–Crippen MR) is 92.8 cm³/mol. The number of pyridine rings is 1. The highest BCUT2D eigenvalue weighted by Gasteiger charge is 2.17. The standard InChI is InChI=1S/C17H13N3O3S/c1-20-8-13(12-6-7-18-14(12)17(20)22)15-16(19-9-24-15)23-11-4-2-10(21)3-5-11/h2-9,18,21H,1H3. The number of phenolic OH excluding ortho intramolecular Hbond substituents is 1. The maximum Gasteiger partial charge on any atom is 0.274 e. The number of aromatic hydroxyl groups is 1. The van der Waals surface area contributed by atoms with Gasteiger partial charge in [0, 0.05) is 30.4 Å².